The Morgan fingerprint density at radius 3 is 1.97 bits per heavy atom. The average Bonchev–Trinajstić information content (AvgIpc) is 3.28. The number of ether oxygens (including phenoxy) is 1. The van der Waals surface area contributed by atoms with Gasteiger partial charge in [0, 0.05) is 41.2 Å². The zero-order valence-corrected chi connectivity index (χ0v) is 19.0. The number of carbonyl (C=O) groups excluding carboxylic acids is 1. The number of hydrogen-bond donors (Lipinski definition) is 2. The summed E-state index contributed by atoms with van der Waals surface area (Å²) in [6.07, 6.45) is 1.17. The van der Waals surface area contributed by atoms with Gasteiger partial charge < -0.3 is 25.2 Å². The van der Waals surface area contributed by atoms with Crippen LogP contribution in [0, 0.1) is 0 Å². The fourth-order valence-electron chi connectivity index (χ4n) is 3.69. The molecule has 32 heavy (non-hydrogen) atoms. The molecule has 0 radical (unpaired) electrons. The zero-order chi connectivity index (χ0) is 22.5. The second-order valence-corrected chi connectivity index (χ2v) is 8.49. The number of halogens is 1. The van der Waals surface area contributed by atoms with Gasteiger partial charge >= 0.3 is 6.03 Å². The SMILES string of the molecule is CN(C)C1CCN(c2ccc(NC(=O)Nc3ccc(Oc4ccc(Cl)cc4)cc3)cc2)C1. The monoisotopic (exact) mass is 450 g/mol. The number of nitrogens with one attached hydrogen (secondary N) is 2. The maximum Gasteiger partial charge on any atom is 0.323 e. The molecule has 4 rings (SSSR count). The number of carbonyl (C=O) groups is 1. The van der Waals surface area contributed by atoms with Crippen molar-refractivity contribution in [3.05, 3.63) is 77.8 Å². The van der Waals surface area contributed by atoms with E-state index in [0.29, 0.717) is 28.3 Å². The van der Waals surface area contributed by atoms with E-state index in [4.69, 9.17) is 16.3 Å². The highest BCUT2D eigenvalue weighted by Crippen LogP contribution is 2.25. The third-order valence-corrected chi connectivity index (χ3v) is 5.80. The molecule has 0 spiro atoms. The molecule has 3 aromatic rings. The maximum atomic E-state index is 12.4. The number of nitrogens with zero attached hydrogens (tertiary/aromatic N) is 2. The molecule has 0 aliphatic carbocycles. The van der Waals surface area contributed by atoms with E-state index >= 15 is 0 Å². The highest BCUT2D eigenvalue weighted by atomic mass is 35.5. The highest BCUT2D eigenvalue weighted by Gasteiger charge is 2.23. The van der Waals surface area contributed by atoms with Crippen molar-refractivity contribution >= 4 is 34.7 Å². The van der Waals surface area contributed by atoms with E-state index in [9.17, 15) is 4.79 Å². The van der Waals surface area contributed by atoms with Crippen molar-refractivity contribution in [1.29, 1.82) is 0 Å². The molecule has 1 aliphatic rings. The first-order chi connectivity index (χ1) is 15.5. The lowest BCUT2D eigenvalue weighted by Gasteiger charge is -2.22. The van der Waals surface area contributed by atoms with Gasteiger partial charge in [-0.05, 0) is 93.3 Å². The molecule has 1 fully saturated rings. The van der Waals surface area contributed by atoms with Crippen LogP contribution in [0.25, 0.3) is 0 Å². The van der Waals surface area contributed by atoms with Crippen molar-refractivity contribution in [3.63, 3.8) is 0 Å². The van der Waals surface area contributed by atoms with Gasteiger partial charge in [-0.1, -0.05) is 11.6 Å². The second-order valence-electron chi connectivity index (χ2n) is 8.06. The molecule has 7 heteroatoms. The van der Waals surface area contributed by atoms with Crippen LogP contribution < -0.4 is 20.3 Å². The van der Waals surface area contributed by atoms with E-state index in [0.717, 1.165) is 18.8 Å². The quantitative estimate of drug-likeness (QED) is 0.489. The van der Waals surface area contributed by atoms with Gasteiger partial charge in [0.15, 0.2) is 0 Å². The van der Waals surface area contributed by atoms with Gasteiger partial charge in [-0.3, -0.25) is 0 Å². The number of urea groups is 1. The summed E-state index contributed by atoms with van der Waals surface area (Å²) in [7, 11) is 4.25. The summed E-state index contributed by atoms with van der Waals surface area (Å²) in [4.78, 5) is 17.0. The van der Waals surface area contributed by atoms with Crippen molar-refractivity contribution in [2.75, 3.05) is 42.7 Å². The van der Waals surface area contributed by atoms with E-state index in [1.54, 1.807) is 48.5 Å². The van der Waals surface area contributed by atoms with E-state index in [2.05, 4.69) is 46.7 Å². The van der Waals surface area contributed by atoms with Crippen molar-refractivity contribution in [3.8, 4) is 11.5 Å². The molecule has 1 saturated heterocycles. The van der Waals surface area contributed by atoms with Crippen molar-refractivity contribution in [2.24, 2.45) is 0 Å². The minimum absolute atomic E-state index is 0.294. The van der Waals surface area contributed by atoms with Gasteiger partial charge in [0.1, 0.15) is 11.5 Å². The van der Waals surface area contributed by atoms with Crippen molar-refractivity contribution in [1.82, 2.24) is 4.90 Å². The van der Waals surface area contributed by atoms with E-state index < -0.39 is 0 Å². The summed E-state index contributed by atoms with van der Waals surface area (Å²) in [5.74, 6) is 1.37. The van der Waals surface area contributed by atoms with Gasteiger partial charge in [-0.2, -0.15) is 0 Å². The van der Waals surface area contributed by atoms with E-state index in [-0.39, 0.29) is 6.03 Å². The number of likely N-dealkylation sites (N-methyl/N-ethyl adjacent to an activating group) is 1. The lowest BCUT2D eigenvalue weighted by atomic mass is 10.2. The third kappa shape index (κ3) is 5.72. The van der Waals surface area contributed by atoms with Crippen LogP contribution in [0.5, 0.6) is 11.5 Å². The van der Waals surface area contributed by atoms with Crippen molar-refractivity contribution < 1.29 is 9.53 Å². The molecule has 1 aliphatic heterocycles. The number of rotatable bonds is 6. The van der Waals surface area contributed by atoms with Crippen LogP contribution in [0.4, 0.5) is 21.9 Å². The summed E-state index contributed by atoms with van der Waals surface area (Å²) in [5.41, 5.74) is 2.60. The summed E-state index contributed by atoms with van der Waals surface area (Å²) < 4.78 is 5.77. The molecular formula is C25H27ClN4O2. The summed E-state index contributed by atoms with van der Waals surface area (Å²) in [6.45, 7) is 2.08. The highest BCUT2D eigenvalue weighted by molar-refractivity contribution is 6.30. The molecule has 166 valence electrons. The molecule has 0 saturated carbocycles. The molecule has 2 N–H and O–H groups in total. The molecule has 1 atom stereocenters. The predicted molar refractivity (Wildman–Crippen MR) is 131 cm³/mol. The molecular weight excluding hydrogens is 424 g/mol. The van der Waals surface area contributed by atoms with Crippen LogP contribution in [-0.2, 0) is 0 Å². The van der Waals surface area contributed by atoms with Crippen LogP contribution in [0.15, 0.2) is 72.8 Å². The summed E-state index contributed by atoms with van der Waals surface area (Å²) in [6, 6.07) is 22.6. The number of anilines is 3. The standard InChI is InChI=1S/C25H27ClN4O2/c1-29(2)22-15-16-30(17-22)21-9-5-19(6-10-21)27-25(31)28-20-7-13-24(14-8-20)32-23-11-3-18(26)4-12-23/h3-14,22H,15-17H2,1-2H3,(H2,27,28,31). The Hall–Kier alpha value is -3.22. The molecule has 1 heterocycles. The smallest absolute Gasteiger partial charge is 0.323 e. The minimum Gasteiger partial charge on any atom is -0.457 e. The van der Waals surface area contributed by atoms with Gasteiger partial charge in [0.05, 0.1) is 0 Å². The molecule has 6 nitrogen and oxygen atoms in total. The molecule has 2 amide bonds. The van der Waals surface area contributed by atoms with Crippen molar-refractivity contribution in [2.45, 2.75) is 12.5 Å². The lowest BCUT2D eigenvalue weighted by Crippen LogP contribution is -2.31. The van der Waals surface area contributed by atoms with Gasteiger partial charge in [-0.25, -0.2) is 4.79 Å². The van der Waals surface area contributed by atoms with Gasteiger partial charge in [0.25, 0.3) is 0 Å². The lowest BCUT2D eigenvalue weighted by molar-refractivity contribution is 0.262. The van der Waals surface area contributed by atoms with E-state index in [1.165, 1.54) is 12.1 Å². The fraction of sp³-hybridized carbons (Fsp3) is 0.240. The van der Waals surface area contributed by atoms with Crippen LogP contribution in [0.3, 0.4) is 0 Å². The maximum absolute atomic E-state index is 12.4. The first-order valence-electron chi connectivity index (χ1n) is 10.6. The Morgan fingerprint density at radius 1 is 0.906 bits per heavy atom. The van der Waals surface area contributed by atoms with Crippen LogP contribution >= 0.6 is 11.6 Å². The fourth-order valence-corrected chi connectivity index (χ4v) is 3.82. The van der Waals surface area contributed by atoms with Gasteiger partial charge in [-0.15, -0.1) is 0 Å². The minimum atomic E-state index is -0.294. The molecule has 0 aromatic heterocycles. The first kappa shape index (κ1) is 22.0. The van der Waals surface area contributed by atoms with Crippen LogP contribution in [0.1, 0.15) is 6.42 Å². The average molecular weight is 451 g/mol. The van der Waals surface area contributed by atoms with Crippen LogP contribution in [0.2, 0.25) is 5.02 Å². The second kappa shape index (κ2) is 9.94. The topological polar surface area (TPSA) is 56.8 Å². The largest absolute Gasteiger partial charge is 0.457 e. The summed E-state index contributed by atoms with van der Waals surface area (Å²) in [5, 5.41) is 6.37. The van der Waals surface area contributed by atoms with E-state index in [1.807, 2.05) is 12.1 Å². The Labute approximate surface area is 193 Å². The molecule has 3 aromatic carbocycles. The summed E-state index contributed by atoms with van der Waals surface area (Å²) >= 11 is 5.89. The third-order valence-electron chi connectivity index (χ3n) is 5.55. The Morgan fingerprint density at radius 2 is 1.44 bits per heavy atom. The Balaban J connectivity index is 1.28. The first-order valence-corrected chi connectivity index (χ1v) is 11.0. The number of hydrogen-bond acceptors (Lipinski definition) is 4. The zero-order valence-electron chi connectivity index (χ0n) is 18.2. The Bertz CT molecular complexity index is 1040. The molecule has 1 unspecified atom stereocenters. The predicted octanol–water partition coefficient (Wildman–Crippen LogP) is 5.92. The normalized spacial score (nSPS) is 15.6. The van der Waals surface area contributed by atoms with Gasteiger partial charge in [0.2, 0.25) is 0 Å². The number of benzene rings is 3. The molecule has 0 bridgehead atoms. The number of amides is 2. The van der Waals surface area contributed by atoms with Crippen LogP contribution in [-0.4, -0.2) is 44.2 Å². The Kier molecular flexibility index (Phi) is 6.83.